The van der Waals surface area contributed by atoms with E-state index in [1.165, 1.54) is 11.6 Å². The monoisotopic (exact) mass is 439 g/mol. The van der Waals surface area contributed by atoms with Crippen LogP contribution in [0.5, 0.6) is 0 Å². The lowest BCUT2D eigenvalue weighted by Gasteiger charge is -2.31. The van der Waals surface area contributed by atoms with Gasteiger partial charge in [-0.3, -0.25) is 14.6 Å². The van der Waals surface area contributed by atoms with Crippen molar-refractivity contribution in [2.45, 2.75) is 32.2 Å². The lowest BCUT2D eigenvalue weighted by Crippen LogP contribution is -2.32. The summed E-state index contributed by atoms with van der Waals surface area (Å²) in [4.78, 5) is 12.1. The molecule has 0 N–H and O–H groups in total. The number of pyridine rings is 1. The van der Waals surface area contributed by atoms with Gasteiger partial charge in [0.25, 0.3) is 0 Å². The van der Waals surface area contributed by atoms with Gasteiger partial charge in [0.2, 0.25) is 0 Å². The Hall–Kier alpha value is -3.13. The molecule has 0 radical (unpaired) electrons. The van der Waals surface area contributed by atoms with Gasteiger partial charge in [-0.05, 0) is 74.2 Å². The van der Waals surface area contributed by atoms with Gasteiger partial charge in [0.15, 0.2) is 11.6 Å². The number of benzene rings is 1. The van der Waals surface area contributed by atoms with Crippen LogP contribution in [0.1, 0.15) is 48.1 Å². The molecular weight excluding hydrogens is 412 g/mol. The van der Waals surface area contributed by atoms with Crippen LogP contribution in [0.3, 0.4) is 0 Å². The second-order valence-corrected chi connectivity index (χ2v) is 8.04. The number of piperidine rings is 1. The summed E-state index contributed by atoms with van der Waals surface area (Å²) in [5, 5.41) is 8.37. The van der Waals surface area contributed by atoms with Crippen molar-refractivity contribution < 1.29 is 13.6 Å². The van der Waals surface area contributed by atoms with Crippen molar-refractivity contribution >= 4 is 5.71 Å². The first-order valence-corrected chi connectivity index (χ1v) is 10.8. The maximum Gasteiger partial charge on any atom is 0.159 e. The van der Waals surface area contributed by atoms with Crippen LogP contribution in [-0.2, 0) is 18.4 Å². The standard InChI is InChI=1S/C24H27F2N5O/c1-3-32-29-24(19-5-6-21(25)22(26)12-19)23-7-4-17(13-27-23)15-31-10-8-18(9-11-31)20-14-28-30(2)16-20/h4-7,12-14,16,18H,3,8-11,15H2,1-2H3. The Morgan fingerprint density at radius 1 is 1.12 bits per heavy atom. The highest BCUT2D eigenvalue weighted by Crippen LogP contribution is 2.28. The molecule has 0 bridgehead atoms. The summed E-state index contributed by atoms with van der Waals surface area (Å²) in [6, 6.07) is 7.50. The van der Waals surface area contributed by atoms with Crippen LogP contribution in [0.25, 0.3) is 0 Å². The van der Waals surface area contributed by atoms with Gasteiger partial charge in [-0.15, -0.1) is 0 Å². The summed E-state index contributed by atoms with van der Waals surface area (Å²) >= 11 is 0. The molecule has 0 unspecified atom stereocenters. The minimum absolute atomic E-state index is 0.361. The van der Waals surface area contributed by atoms with E-state index in [9.17, 15) is 8.78 Å². The summed E-state index contributed by atoms with van der Waals surface area (Å²) in [5.74, 6) is -1.27. The van der Waals surface area contributed by atoms with Gasteiger partial charge >= 0.3 is 0 Å². The third kappa shape index (κ3) is 5.19. The summed E-state index contributed by atoms with van der Waals surface area (Å²) < 4.78 is 28.9. The number of rotatable bonds is 7. The Balaban J connectivity index is 1.42. The van der Waals surface area contributed by atoms with Crippen molar-refractivity contribution in [3.8, 4) is 0 Å². The first-order valence-electron chi connectivity index (χ1n) is 10.8. The Morgan fingerprint density at radius 2 is 1.94 bits per heavy atom. The molecule has 0 atom stereocenters. The van der Waals surface area contributed by atoms with E-state index in [4.69, 9.17) is 4.84 Å². The summed E-state index contributed by atoms with van der Waals surface area (Å²) in [7, 11) is 1.95. The largest absolute Gasteiger partial charge is 0.396 e. The van der Waals surface area contributed by atoms with E-state index in [1.54, 1.807) is 6.92 Å². The second-order valence-electron chi connectivity index (χ2n) is 8.04. The summed E-state index contributed by atoms with van der Waals surface area (Å²) in [5.41, 5.74) is 3.74. The molecule has 4 rings (SSSR count). The van der Waals surface area contributed by atoms with E-state index in [2.05, 4.69) is 26.3 Å². The van der Waals surface area contributed by atoms with Crippen molar-refractivity contribution in [3.63, 3.8) is 0 Å². The maximum atomic E-state index is 13.7. The molecule has 3 heterocycles. The zero-order valence-corrected chi connectivity index (χ0v) is 18.3. The third-order valence-corrected chi connectivity index (χ3v) is 5.74. The second kappa shape index (κ2) is 9.99. The number of nitrogens with zero attached hydrogens (tertiary/aromatic N) is 5. The fraction of sp³-hybridized carbons (Fsp3) is 0.375. The zero-order chi connectivity index (χ0) is 22.5. The van der Waals surface area contributed by atoms with Gasteiger partial charge in [0.05, 0.1) is 11.9 Å². The van der Waals surface area contributed by atoms with Crippen LogP contribution in [-0.4, -0.2) is 45.1 Å². The lowest BCUT2D eigenvalue weighted by molar-refractivity contribution is 0.159. The molecule has 2 aromatic heterocycles. The number of hydrogen-bond donors (Lipinski definition) is 0. The Morgan fingerprint density at radius 3 is 2.56 bits per heavy atom. The first-order chi connectivity index (χ1) is 15.5. The summed E-state index contributed by atoms with van der Waals surface area (Å²) in [6.45, 7) is 5.03. The van der Waals surface area contributed by atoms with Crippen molar-refractivity contribution in [1.29, 1.82) is 0 Å². The number of aromatic nitrogens is 3. The average molecular weight is 440 g/mol. The minimum Gasteiger partial charge on any atom is -0.396 e. The van der Waals surface area contributed by atoms with Crippen LogP contribution < -0.4 is 0 Å². The molecule has 3 aromatic rings. The fourth-order valence-corrected chi connectivity index (χ4v) is 4.01. The highest BCUT2D eigenvalue weighted by Gasteiger charge is 2.22. The van der Waals surface area contributed by atoms with Crippen LogP contribution >= 0.6 is 0 Å². The number of oxime groups is 1. The van der Waals surface area contributed by atoms with Gasteiger partial charge in [-0.2, -0.15) is 5.10 Å². The number of halogens is 2. The van der Waals surface area contributed by atoms with E-state index in [0.717, 1.165) is 50.2 Å². The molecule has 6 nitrogen and oxygen atoms in total. The highest BCUT2D eigenvalue weighted by molar-refractivity contribution is 6.11. The van der Waals surface area contributed by atoms with Gasteiger partial charge < -0.3 is 4.84 Å². The Kier molecular flexibility index (Phi) is 6.90. The van der Waals surface area contributed by atoms with Crippen LogP contribution in [0.2, 0.25) is 0 Å². The Bertz CT molecular complexity index is 1070. The normalized spacial score (nSPS) is 15.8. The molecule has 0 saturated carbocycles. The van der Waals surface area contributed by atoms with Crippen LogP contribution in [0.15, 0.2) is 54.1 Å². The molecule has 0 spiro atoms. The van der Waals surface area contributed by atoms with E-state index in [-0.39, 0.29) is 0 Å². The van der Waals surface area contributed by atoms with E-state index in [1.807, 2.05) is 36.3 Å². The molecule has 1 aromatic carbocycles. The van der Waals surface area contributed by atoms with Crippen LogP contribution in [0.4, 0.5) is 8.78 Å². The predicted molar refractivity (Wildman–Crippen MR) is 118 cm³/mol. The van der Waals surface area contributed by atoms with Crippen molar-refractivity contribution in [2.24, 2.45) is 12.2 Å². The van der Waals surface area contributed by atoms with Gasteiger partial charge in [0.1, 0.15) is 12.3 Å². The molecular formula is C24H27F2N5O. The molecule has 32 heavy (non-hydrogen) atoms. The van der Waals surface area contributed by atoms with Gasteiger partial charge in [-0.1, -0.05) is 11.2 Å². The van der Waals surface area contributed by atoms with E-state index >= 15 is 0 Å². The highest BCUT2D eigenvalue weighted by atomic mass is 19.2. The number of hydrogen-bond acceptors (Lipinski definition) is 5. The van der Waals surface area contributed by atoms with Crippen molar-refractivity contribution in [1.82, 2.24) is 19.7 Å². The molecule has 1 aliphatic rings. The molecule has 168 valence electrons. The molecule has 1 aliphatic heterocycles. The molecule has 1 fully saturated rings. The van der Waals surface area contributed by atoms with Gasteiger partial charge in [-0.25, -0.2) is 8.78 Å². The predicted octanol–water partition coefficient (Wildman–Crippen LogP) is 4.26. The average Bonchev–Trinajstić information content (AvgIpc) is 3.24. The third-order valence-electron chi connectivity index (χ3n) is 5.74. The van der Waals surface area contributed by atoms with Gasteiger partial charge in [0, 0.05) is 31.5 Å². The first kappa shape index (κ1) is 22.1. The maximum absolute atomic E-state index is 13.7. The number of likely N-dealkylation sites (tertiary alicyclic amines) is 1. The molecule has 0 aliphatic carbocycles. The molecule has 8 heteroatoms. The molecule has 0 amide bonds. The van der Waals surface area contributed by atoms with Crippen molar-refractivity contribution in [2.75, 3.05) is 19.7 Å². The summed E-state index contributed by atoms with van der Waals surface area (Å²) in [6.07, 6.45) is 8.11. The topological polar surface area (TPSA) is 55.5 Å². The zero-order valence-electron chi connectivity index (χ0n) is 18.3. The van der Waals surface area contributed by atoms with Crippen molar-refractivity contribution in [3.05, 3.63) is 82.9 Å². The smallest absolute Gasteiger partial charge is 0.159 e. The quantitative estimate of drug-likeness (QED) is 0.408. The number of aryl methyl sites for hydroxylation is 1. The lowest BCUT2D eigenvalue weighted by atomic mass is 9.91. The SMILES string of the molecule is CCON=C(c1ccc(F)c(F)c1)c1ccc(CN2CCC(c3cnn(C)c3)CC2)cn1. The van der Waals surface area contributed by atoms with E-state index in [0.29, 0.717) is 29.5 Å². The van der Waals surface area contributed by atoms with E-state index < -0.39 is 11.6 Å². The molecule has 1 saturated heterocycles. The van der Waals surface area contributed by atoms with Crippen LogP contribution in [0, 0.1) is 11.6 Å². The minimum atomic E-state index is -0.932. The Labute approximate surface area is 186 Å². The fourth-order valence-electron chi connectivity index (χ4n) is 4.01.